The number of aryl methyl sites for hydroxylation is 1. The molecule has 0 aromatic heterocycles. The molecule has 0 heterocycles. The van der Waals surface area contributed by atoms with Crippen molar-refractivity contribution in [1.82, 2.24) is 5.32 Å². The molecule has 0 saturated heterocycles. The first-order valence-electron chi connectivity index (χ1n) is 7.64. The minimum absolute atomic E-state index is 0.254. The van der Waals surface area contributed by atoms with Crippen molar-refractivity contribution in [2.75, 3.05) is 6.54 Å². The molecule has 1 aromatic carbocycles. The molecule has 108 valence electrons. The van der Waals surface area contributed by atoms with E-state index in [0.29, 0.717) is 6.04 Å². The number of nitrogens with one attached hydrogen (secondary N) is 1. The number of ether oxygens (including phenoxy) is 1. The van der Waals surface area contributed by atoms with E-state index in [1.807, 2.05) is 0 Å². The molecular formula is C17H29NO. The Kier molecular flexibility index (Phi) is 7.57. The third kappa shape index (κ3) is 6.63. The second kappa shape index (κ2) is 8.98. The normalized spacial score (nSPS) is 12.7. The summed E-state index contributed by atoms with van der Waals surface area (Å²) in [5.41, 5.74) is 1.41. The summed E-state index contributed by atoms with van der Waals surface area (Å²) in [6.45, 7) is 9.63. The van der Waals surface area contributed by atoms with Crippen LogP contribution in [0, 0.1) is 0 Å². The highest BCUT2D eigenvalue weighted by molar-refractivity contribution is 5.27. The van der Waals surface area contributed by atoms with Crippen LogP contribution in [0.5, 0.6) is 5.75 Å². The lowest BCUT2D eigenvalue weighted by atomic mass is 10.1. The highest BCUT2D eigenvalue weighted by Gasteiger charge is 2.08. The molecule has 2 heteroatoms. The fourth-order valence-electron chi connectivity index (χ4n) is 1.94. The lowest BCUT2D eigenvalue weighted by Crippen LogP contribution is -2.34. The molecule has 0 aliphatic carbocycles. The topological polar surface area (TPSA) is 21.3 Å². The van der Waals surface area contributed by atoms with Crippen molar-refractivity contribution in [3.63, 3.8) is 0 Å². The molecule has 2 nitrogen and oxygen atoms in total. The van der Waals surface area contributed by atoms with E-state index in [9.17, 15) is 0 Å². The zero-order valence-electron chi connectivity index (χ0n) is 12.9. The molecule has 1 aromatic rings. The molecule has 19 heavy (non-hydrogen) atoms. The molecule has 0 radical (unpaired) electrons. The van der Waals surface area contributed by atoms with Gasteiger partial charge in [0, 0.05) is 12.6 Å². The molecular weight excluding hydrogens is 234 g/mol. The van der Waals surface area contributed by atoms with Crippen LogP contribution in [-0.2, 0) is 6.42 Å². The molecule has 0 fully saturated rings. The van der Waals surface area contributed by atoms with Gasteiger partial charge in [0.1, 0.15) is 11.9 Å². The van der Waals surface area contributed by atoms with E-state index in [0.717, 1.165) is 18.7 Å². The number of rotatable bonds is 9. The number of hydrogen-bond donors (Lipinski definition) is 1. The van der Waals surface area contributed by atoms with Crippen molar-refractivity contribution < 1.29 is 4.74 Å². The first-order valence-corrected chi connectivity index (χ1v) is 7.64. The monoisotopic (exact) mass is 263 g/mol. The van der Waals surface area contributed by atoms with Gasteiger partial charge in [-0.2, -0.15) is 0 Å². The van der Waals surface area contributed by atoms with Crippen molar-refractivity contribution in [2.24, 2.45) is 0 Å². The largest absolute Gasteiger partial charge is 0.489 e. The maximum Gasteiger partial charge on any atom is 0.119 e. The maximum atomic E-state index is 6.01. The summed E-state index contributed by atoms with van der Waals surface area (Å²) in [5, 5.41) is 3.43. The summed E-state index contributed by atoms with van der Waals surface area (Å²) in [4.78, 5) is 0. The van der Waals surface area contributed by atoms with Gasteiger partial charge in [-0.25, -0.2) is 0 Å². The second-order valence-electron chi connectivity index (χ2n) is 5.46. The van der Waals surface area contributed by atoms with Crippen molar-refractivity contribution in [1.29, 1.82) is 0 Å². The fourth-order valence-corrected chi connectivity index (χ4v) is 1.94. The highest BCUT2D eigenvalue weighted by Crippen LogP contribution is 2.16. The Morgan fingerprint density at radius 1 is 1.11 bits per heavy atom. The van der Waals surface area contributed by atoms with Crippen LogP contribution in [0.3, 0.4) is 0 Å². The lowest BCUT2D eigenvalue weighted by molar-refractivity contribution is 0.190. The van der Waals surface area contributed by atoms with E-state index in [1.165, 1.54) is 24.8 Å². The molecule has 1 N–H and O–H groups in total. The van der Waals surface area contributed by atoms with E-state index < -0.39 is 0 Å². The lowest BCUT2D eigenvalue weighted by Gasteiger charge is -2.19. The Balaban J connectivity index is 2.45. The van der Waals surface area contributed by atoms with Gasteiger partial charge in [0.05, 0.1) is 0 Å². The predicted molar refractivity (Wildman–Crippen MR) is 82.9 cm³/mol. The number of unbranched alkanes of at least 4 members (excludes halogenated alkanes) is 1. The quantitative estimate of drug-likeness (QED) is 0.721. The number of hydrogen-bond acceptors (Lipinski definition) is 2. The van der Waals surface area contributed by atoms with Crippen LogP contribution in [-0.4, -0.2) is 18.7 Å². The van der Waals surface area contributed by atoms with E-state index in [-0.39, 0.29) is 6.10 Å². The third-order valence-corrected chi connectivity index (χ3v) is 3.25. The molecule has 0 spiro atoms. The van der Waals surface area contributed by atoms with Crippen LogP contribution in [0.4, 0.5) is 0 Å². The van der Waals surface area contributed by atoms with Gasteiger partial charge in [-0.15, -0.1) is 0 Å². The van der Waals surface area contributed by atoms with E-state index in [4.69, 9.17) is 4.74 Å². The van der Waals surface area contributed by atoms with Gasteiger partial charge in [0.25, 0.3) is 0 Å². The Bertz CT molecular complexity index is 332. The van der Waals surface area contributed by atoms with E-state index in [2.05, 4.69) is 57.3 Å². The zero-order chi connectivity index (χ0) is 14.1. The Labute approximate surface area is 118 Å². The minimum Gasteiger partial charge on any atom is -0.489 e. The van der Waals surface area contributed by atoms with Gasteiger partial charge < -0.3 is 10.1 Å². The van der Waals surface area contributed by atoms with Crippen LogP contribution < -0.4 is 10.1 Å². The van der Waals surface area contributed by atoms with Gasteiger partial charge >= 0.3 is 0 Å². The molecule has 0 aliphatic heterocycles. The molecule has 0 aliphatic rings. The van der Waals surface area contributed by atoms with Gasteiger partial charge in [-0.1, -0.05) is 46.2 Å². The van der Waals surface area contributed by atoms with Crippen molar-refractivity contribution in [3.8, 4) is 5.75 Å². The SMILES string of the molecule is CCCCc1ccc(OC(CC)CNC(C)C)cc1. The van der Waals surface area contributed by atoms with Crippen LogP contribution in [0.2, 0.25) is 0 Å². The first kappa shape index (κ1) is 16.0. The molecule has 0 amide bonds. The zero-order valence-corrected chi connectivity index (χ0v) is 12.9. The molecule has 0 saturated carbocycles. The van der Waals surface area contributed by atoms with Gasteiger partial charge in [0.2, 0.25) is 0 Å². The van der Waals surface area contributed by atoms with Crippen LogP contribution in [0.15, 0.2) is 24.3 Å². The van der Waals surface area contributed by atoms with E-state index in [1.54, 1.807) is 0 Å². The highest BCUT2D eigenvalue weighted by atomic mass is 16.5. The van der Waals surface area contributed by atoms with E-state index >= 15 is 0 Å². The van der Waals surface area contributed by atoms with Crippen LogP contribution in [0.1, 0.15) is 52.5 Å². The Morgan fingerprint density at radius 2 is 1.79 bits per heavy atom. The predicted octanol–water partition coefficient (Wildman–Crippen LogP) is 4.18. The summed E-state index contributed by atoms with van der Waals surface area (Å²) >= 11 is 0. The Hall–Kier alpha value is -1.02. The molecule has 1 atom stereocenters. The molecule has 1 unspecified atom stereocenters. The van der Waals surface area contributed by atoms with Crippen molar-refractivity contribution in [3.05, 3.63) is 29.8 Å². The van der Waals surface area contributed by atoms with Crippen molar-refractivity contribution >= 4 is 0 Å². The van der Waals surface area contributed by atoms with Gasteiger partial charge in [0.15, 0.2) is 0 Å². The standard InChI is InChI=1S/C17H29NO/c1-5-7-8-15-9-11-17(12-10-15)19-16(6-2)13-18-14(3)4/h9-12,14,16,18H,5-8,13H2,1-4H3. The summed E-state index contributed by atoms with van der Waals surface area (Å²) < 4.78 is 6.01. The average molecular weight is 263 g/mol. The summed E-state index contributed by atoms with van der Waals surface area (Å²) in [6, 6.07) is 9.09. The first-order chi connectivity index (χ1) is 9.15. The smallest absolute Gasteiger partial charge is 0.119 e. The molecule has 0 bridgehead atoms. The van der Waals surface area contributed by atoms with Gasteiger partial charge in [-0.3, -0.25) is 0 Å². The average Bonchev–Trinajstić information content (AvgIpc) is 2.42. The van der Waals surface area contributed by atoms with Crippen molar-refractivity contribution in [2.45, 2.75) is 65.5 Å². The second-order valence-corrected chi connectivity index (χ2v) is 5.46. The van der Waals surface area contributed by atoms with Crippen LogP contribution >= 0.6 is 0 Å². The number of benzene rings is 1. The maximum absolute atomic E-state index is 6.01. The summed E-state index contributed by atoms with van der Waals surface area (Å²) in [6.07, 6.45) is 4.96. The molecule has 1 rings (SSSR count). The summed E-state index contributed by atoms with van der Waals surface area (Å²) in [7, 11) is 0. The Morgan fingerprint density at radius 3 is 2.32 bits per heavy atom. The minimum atomic E-state index is 0.254. The summed E-state index contributed by atoms with van der Waals surface area (Å²) in [5.74, 6) is 0.984. The van der Waals surface area contributed by atoms with Gasteiger partial charge in [-0.05, 0) is 37.0 Å². The third-order valence-electron chi connectivity index (χ3n) is 3.25. The van der Waals surface area contributed by atoms with Crippen LogP contribution in [0.25, 0.3) is 0 Å². The fraction of sp³-hybridized carbons (Fsp3) is 0.647.